The van der Waals surface area contributed by atoms with Crippen molar-refractivity contribution in [3.63, 3.8) is 0 Å². The van der Waals surface area contributed by atoms with E-state index in [1.54, 1.807) is 0 Å². The SMILES string of the molecule is CC(C)C12CCCC(C)(CC(C)(C)C1)C2. The van der Waals surface area contributed by atoms with E-state index >= 15 is 0 Å². The number of fused-ring (bicyclic) bond motifs is 2. The summed E-state index contributed by atoms with van der Waals surface area (Å²) in [6.45, 7) is 12.4. The van der Waals surface area contributed by atoms with Gasteiger partial charge < -0.3 is 0 Å². The first-order valence-corrected chi connectivity index (χ1v) is 6.77. The Morgan fingerprint density at radius 2 is 1.53 bits per heavy atom. The van der Waals surface area contributed by atoms with Crippen molar-refractivity contribution in [2.45, 2.75) is 73.1 Å². The van der Waals surface area contributed by atoms with Crippen LogP contribution < -0.4 is 0 Å². The minimum Gasteiger partial charge on any atom is -0.0622 e. The van der Waals surface area contributed by atoms with E-state index in [9.17, 15) is 0 Å². The summed E-state index contributed by atoms with van der Waals surface area (Å²) in [6, 6.07) is 0. The van der Waals surface area contributed by atoms with Gasteiger partial charge in [0, 0.05) is 0 Å². The molecule has 0 N–H and O–H groups in total. The van der Waals surface area contributed by atoms with Crippen molar-refractivity contribution >= 4 is 0 Å². The Morgan fingerprint density at radius 3 is 2.13 bits per heavy atom. The molecule has 2 atom stereocenters. The molecule has 0 aromatic rings. The molecule has 2 fully saturated rings. The van der Waals surface area contributed by atoms with Crippen molar-refractivity contribution < 1.29 is 0 Å². The van der Waals surface area contributed by atoms with Crippen LogP contribution in [0.15, 0.2) is 0 Å². The molecule has 2 rings (SSSR count). The van der Waals surface area contributed by atoms with E-state index in [0.29, 0.717) is 16.2 Å². The Labute approximate surface area is 95.8 Å². The Morgan fingerprint density at radius 1 is 0.867 bits per heavy atom. The molecule has 0 nitrogen and oxygen atoms in total. The van der Waals surface area contributed by atoms with Crippen LogP contribution >= 0.6 is 0 Å². The van der Waals surface area contributed by atoms with Crippen LogP contribution in [0.1, 0.15) is 73.1 Å². The van der Waals surface area contributed by atoms with Gasteiger partial charge in [-0.2, -0.15) is 0 Å². The van der Waals surface area contributed by atoms with Crippen molar-refractivity contribution in [3.05, 3.63) is 0 Å². The molecule has 0 aliphatic heterocycles. The zero-order valence-electron chi connectivity index (χ0n) is 11.3. The lowest BCUT2D eigenvalue weighted by Gasteiger charge is -2.58. The molecule has 0 aromatic heterocycles. The molecule has 0 aromatic carbocycles. The molecule has 0 spiro atoms. The van der Waals surface area contributed by atoms with E-state index in [1.807, 2.05) is 0 Å². The third-order valence-corrected chi connectivity index (χ3v) is 5.19. The van der Waals surface area contributed by atoms with E-state index in [0.717, 1.165) is 5.92 Å². The second-order valence-corrected chi connectivity index (χ2v) is 7.88. The van der Waals surface area contributed by atoms with E-state index in [1.165, 1.54) is 38.5 Å². The first-order chi connectivity index (χ1) is 6.77. The van der Waals surface area contributed by atoms with Crippen LogP contribution in [-0.4, -0.2) is 0 Å². The fraction of sp³-hybridized carbons (Fsp3) is 1.00. The van der Waals surface area contributed by atoms with E-state index in [4.69, 9.17) is 0 Å². The lowest BCUT2D eigenvalue weighted by Crippen LogP contribution is -2.48. The van der Waals surface area contributed by atoms with Crippen molar-refractivity contribution in [1.82, 2.24) is 0 Å². The first-order valence-electron chi connectivity index (χ1n) is 6.77. The van der Waals surface area contributed by atoms with Crippen LogP contribution in [0.3, 0.4) is 0 Å². The molecule has 88 valence electrons. The minimum atomic E-state index is 0.581. The molecule has 2 unspecified atom stereocenters. The summed E-state index contributed by atoms with van der Waals surface area (Å²) in [5, 5.41) is 0. The molecule has 0 amide bonds. The average molecular weight is 208 g/mol. The van der Waals surface area contributed by atoms with Gasteiger partial charge >= 0.3 is 0 Å². The molecule has 2 saturated carbocycles. The zero-order valence-corrected chi connectivity index (χ0v) is 11.3. The van der Waals surface area contributed by atoms with Gasteiger partial charge in [-0.25, -0.2) is 0 Å². The Kier molecular flexibility index (Phi) is 2.48. The van der Waals surface area contributed by atoms with E-state index in [2.05, 4.69) is 34.6 Å². The van der Waals surface area contributed by atoms with Gasteiger partial charge in [-0.15, -0.1) is 0 Å². The fourth-order valence-corrected chi connectivity index (χ4v) is 5.06. The maximum atomic E-state index is 2.55. The van der Waals surface area contributed by atoms with Gasteiger partial charge in [-0.1, -0.05) is 41.0 Å². The molecule has 0 heterocycles. The summed E-state index contributed by atoms with van der Waals surface area (Å²) >= 11 is 0. The first kappa shape index (κ1) is 11.5. The van der Waals surface area contributed by atoms with E-state index < -0.39 is 0 Å². The standard InChI is InChI=1S/C15H28/c1-12(2)15-8-6-7-14(5,11-15)9-13(3,4)10-15/h12H,6-11H2,1-5H3. The monoisotopic (exact) mass is 208 g/mol. The van der Waals surface area contributed by atoms with Gasteiger partial charge in [0.2, 0.25) is 0 Å². The highest BCUT2D eigenvalue weighted by molar-refractivity contribution is 5.02. The van der Waals surface area contributed by atoms with Gasteiger partial charge in [-0.3, -0.25) is 0 Å². The van der Waals surface area contributed by atoms with Crippen LogP contribution in [-0.2, 0) is 0 Å². The molecular weight excluding hydrogens is 180 g/mol. The molecule has 2 aliphatic rings. The lowest BCUT2D eigenvalue weighted by molar-refractivity contribution is -0.0783. The molecule has 0 saturated heterocycles. The number of rotatable bonds is 1. The third-order valence-electron chi connectivity index (χ3n) is 5.19. The number of hydrogen-bond acceptors (Lipinski definition) is 0. The highest BCUT2D eigenvalue weighted by atomic mass is 14.6. The van der Waals surface area contributed by atoms with Gasteiger partial charge in [-0.05, 0) is 54.3 Å². The van der Waals surface area contributed by atoms with Crippen molar-refractivity contribution in [3.8, 4) is 0 Å². The van der Waals surface area contributed by atoms with Gasteiger partial charge in [0.15, 0.2) is 0 Å². The van der Waals surface area contributed by atoms with Crippen molar-refractivity contribution in [1.29, 1.82) is 0 Å². The largest absolute Gasteiger partial charge is 0.0622 e. The Bertz CT molecular complexity index is 247. The zero-order chi connectivity index (χ0) is 11.3. The minimum absolute atomic E-state index is 0.581. The summed E-state index contributed by atoms with van der Waals surface area (Å²) in [5.41, 5.74) is 1.91. The van der Waals surface area contributed by atoms with E-state index in [-0.39, 0.29) is 0 Å². The highest BCUT2D eigenvalue weighted by Gasteiger charge is 2.52. The van der Waals surface area contributed by atoms with Crippen LogP contribution in [0.25, 0.3) is 0 Å². The summed E-state index contributed by atoms with van der Waals surface area (Å²) in [7, 11) is 0. The second-order valence-electron chi connectivity index (χ2n) is 7.88. The molecule has 2 bridgehead atoms. The van der Waals surface area contributed by atoms with Crippen molar-refractivity contribution in [2.75, 3.05) is 0 Å². The highest BCUT2D eigenvalue weighted by Crippen LogP contribution is 2.63. The maximum Gasteiger partial charge on any atom is -0.0264 e. The van der Waals surface area contributed by atoms with Crippen LogP contribution in [0, 0.1) is 22.2 Å². The predicted molar refractivity (Wildman–Crippen MR) is 66.9 cm³/mol. The lowest BCUT2D eigenvalue weighted by atomic mass is 9.47. The van der Waals surface area contributed by atoms with Gasteiger partial charge in [0.05, 0.1) is 0 Å². The quantitative estimate of drug-likeness (QED) is 0.567. The summed E-state index contributed by atoms with van der Waals surface area (Å²) in [6.07, 6.45) is 8.86. The predicted octanol–water partition coefficient (Wildman–Crippen LogP) is 5.03. The average Bonchev–Trinajstić information content (AvgIpc) is 1.98. The molecule has 15 heavy (non-hydrogen) atoms. The fourth-order valence-electron chi connectivity index (χ4n) is 5.06. The number of hydrogen-bond donors (Lipinski definition) is 0. The van der Waals surface area contributed by atoms with Crippen LogP contribution in [0.2, 0.25) is 0 Å². The third kappa shape index (κ3) is 1.97. The molecular formula is C15H28. The summed E-state index contributed by atoms with van der Waals surface area (Å²) in [5.74, 6) is 0.872. The Balaban J connectivity index is 2.31. The normalized spacial score (nSPS) is 44.4. The Hall–Kier alpha value is 0. The molecule has 2 aliphatic carbocycles. The van der Waals surface area contributed by atoms with Crippen molar-refractivity contribution in [2.24, 2.45) is 22.2 Å². The van der Waals surface area contributed by atoms with Gasteiger partial charge in [0.1, 0.15) is 0 Å². The van der Waals surface area contributed by atoms with Crippen LogP contribution in [0.4, 0.5) is 0 Å². The van der Waals surface area contributed by atoms with Gasteiger partial charge in [0.25, 0.3) is 0 Å². The second kappa shape index (κ2) is 3.25. The summed E-state index contributed by atoms with van der Waals surface area (Å²) in [4.78, 5) is 0. The smallest absolute Gasteiger partial charge is 0.0264 e. The summed E-state index contributed by atoms with van der Waals surface area (Å²) < 4.78 is 0. The molecule has 0 radical (unpaired) electrons. The topological polar surface area (TPSA) is 0 Å². The van der Waals surface area contributed by atoms with Crippen LogP contribution in [0.5, 0.6) is 0 Å². The maximum absolute atomic E-state index is 2.55. The molecule has 0 heteroatoms.